The molecule has 0 spiro atoms. The number of nitrogens with zero attached hydrogens (tertiary/aromatic N) is 3. The van der Waals surface area contributed by atoms with E-state index in [2.05, 4.69) is 30.4 Å². The molecule has 1 aromatic carbocycles. The van der Waals surface area contributed by atoms with Gasteiger partial charge in [-0.15, -0.1) is 0 Å². The van der Waals surface area contributed by atoms with Crippen LogP contribution in [0.5, 0.6) is 0 Å². The lowest BCUT2D eigenvalue weighted by Gasteiger charge is -2.04. The van der Waals surface area contributed by atoms with E-state index in [0.717, 1.165) is 35.9 Å². The molecule has 0 radical (unpaired) electrons. The van der Waals surface area contributed by atoms with Crippen LogP contribution < -0.4 is 10.6 Å². The molecule has 1 heterocycles. The van der Waals surface area contributed by atoms with Gasteiger partial charge in [0, 0.05) is 19.0 Å². The number of nitriles is 2. The summed E-state index contributed by atoms with van der Waals surface area (Å²) in [4.78, 5) is 4.69. The van der Waals surface area contributed by atoms with Crippen LogP contribution in [0.15, 0.2) is 36.4 Å². The van der Waals surface area contributed by atoms with E-state index in [1.807, 2.05) is 24.3 Å². The molecule has 0 bridgehead atoms. The summed E-state index contributed by atoms with van der Waals surface area (Å²) >= 11 is 0. The fraction of sp³-hybridized carbons (Fsp3) is 0.211. The average molecular weight is 287 g/mol. The average Bonchev–Trinajstić information content (AvgIpc) is 2.56. The third-order valence-corrected chi connectivity index (χ3v) is 3.33. The minimum Gasteiger partial charge on any atom is -0.253 e. The van der Waals surface area contributed by atoms with E-state index >= 15 is 0 Å². The second kappa shape index (κ2) is 7.76. The molecular formula is C19H17N3. The molecule has 1 aliphatic carbocycles. The lowest BCUT2D eigenvalue weighted by Crippen LogP contribution is -2.30. The van der Waals surface area contributed by atoms with Crippen LogP contribution in [-0.4, -0.2) is 4.98 Å². The third kappa shape index (κ3) is 4.04. The summed E-state index contributed by atoms with van der Waals surface area (Å²) < 4.78 is 0. The number of benzene rings is 1. The van der Waals surface area contributed by atoms with Crippen LogP contribution in [-0.2, 0) is 6.42 Å². The van der Waals surface area contributed by atoms with E-state index in [9.17, 15) is 0 Å². The van der Waals surface area contributed by atoms with Crippen LogP contribution in [0.4, 0.5) is 0 Å². The number of aromatic nitrogens is 1. The van der Waals surface area contributed by atoms with Gasteiger partial charge in [-0.3, -0.25) is 4.98 Å². The zero-order chi connectivity index (χ0) is 15.8. The highest BCUT2D eigenvalue weighted by Gasteiger charge is 2.01. The summed E-state index contributed by atoms with van der Waals surface area (Å²) in [5.74, 6) is 0. The van der Waals surface area contributed by atoms with Crippen LogP contribution >= 0.6 is 0 Å². The highest BCUT2D eigenvalue weighted by atomic mass is 14.7. The predicted octanol–water partition coefficient (Wildman–Crippen LogP) is 2.43. The fourth-order valence-electron chi connectivity index (χ4n) is 2.38. The van der Waals surface area contributed by atoms with Gasteiger partial charge >= 0.3 is 0 Å². The minimum absolute atomic E-state index is 0.704. The molecule has 3 heteroatoms. The van der Waals surface area contributed by atoms with Gasteiger partial charge in [-0.2, -0.15) is 10.5 Å². The Labute approximate surface area is 130 Å². The van der Waals surface area contributed by atoms with Crippen molar-refractivity contribution < 1.29 is 0 Å². The van der Waals surface area contributed by atoms with E-state index in [4.69, 9.17) is 15.5 Å². The maximum Gasteiger partial charge on any atom is 0.0991 e. The Morgan fingerprint density at radius 3 is 2.64 bits per heavy atom. The van der Waals surface area contributed by atoms with Gasteiger partial charge < -0.3 is 0 Å². The molecule has 3 nitrogen and oxygen atoms in total. The molecule has 2 aromatic rings. The van der Waals surface area contributed by atoms with Gasteiger partial charge in [0.1, 0.15) is 0 Å². The molecule has 0 atom stereocenters. The third-order valence-electron chi connectivity index (χ3n) is 3.33. The molecule has 3 rings (SSSR count). The van der Waals surface area contributed by atoms with Crippen LogP contribution in [0.2, 0.25) is 0 Å². The second-order valence-corrected chi connectivity index (χ2v) is 4.98. The minimum atomic E-state index is 0.704. The van der Waals surface area contributed by atoms with E-state index in [0.29, 0.717) is 5.56 Å². The molecule has 0 saturated carbocycles. The molecule has 1 aliphatic rings. The van der Waals surface area contributed by atoms with E-state index in [-0.39, 0.29) is 0 Å². The molecule has 1 aromatic heterocycles. The highest BCUT2D eigenvalue weighted by Crippen LogP contribution is 2.08. The normalized spacial score (nSPS) is 11.4. The number of rotatable bonds is 2. The molecule has 0 fully saturated rings. The smallest absolute Gasteiger partial charge is 0.0991 e. The summed E-state index contributed by atoms with van der Waals surface area (Å²) in [7, 11) is 0. The largest absolute Gasteiger partial charge is 0.253 e. The van der Waals surface area contributed by atoms with Crippen LogP contribution in [0.3, 0.4) is 0 Å². The first-order valence-corrected chi connectivity index (χ1v) is 7.23. The molecule has 0 amide bonds. The molecule has 108 valence electrons. The number of hydrogen-bond acceptors (Lipinski definition) is 3. The lowest BCUT2D eigenvalue weighted by molar-refractivity contribution is 1.01. The van der Waals surface area contributed by atoms with Crippen molar-refractivity contribution in [2.45, 2.75) is 26.2 Å². The number of pyridine rings is 1. The van der Waals surface area contributed by atoms with Crippen molar-refractivity contribution >= 4 is 12.2 Å². The standard InChI is InChI=1S/C17H14N2.C2H3N/c18-12-14-5-3-4-13(10-14)11-16-9-8-15-6-1-2-7-17(15)19-16;1-2-3/h3-10H,1-2,11H2;1H3. The van der Waals surface area contributed by atoms with Crippen LogP contribution in [0.25, 0.3) is 12.2 Å². The van der Waals surface area contributed by atoms with Crippen molar-refractivity contribution in [3.05, 3.63) is 63.8 Å². The van der Waals surface area contributed by atoms with Gasteiger partial charge in [0.2, 0.25) is 0 Å². The molecule has 0 N–H and O–H groups in total. The van der Waals surface area contributed by atoms with E-state index in [1.54, 1.807) is 6.07 Å². The maximum absolute atomic E-state index is 8.91. The van der Waals surface area contributed by atoms with Crippen molar-refractivity contribution in [3.8, 4) is 12.1 Å². The van der Waals surface area contributed by atoms with Gasteiger partial charge in [-0.1, -0.05) is 30.4 Å². The first-order chi connectivity index (χ1) is 10.8. The van der Waals surface area contributed by atoms with Gasteiger partial charge in [-0.05, 0) is 41.8 Å². The first-order valence-electron chi connectivity index (χ1n) is 7.23. The Morgan fingerprint density at radius 1 is 1.09 bits per heavy atom. The Balaban J connectivity index is 0.000000545. The van der Waals surface area contributed by atoms with Gasteiger partial charge in [-0.25, -0.2) is 0 Å². The Bertz CT molecular complexity index is 851. The maximum atomic E-state index is 8.91. The molecular weight excluding hydrogens is 270 g/mol. The van der Waals surface area contributed by atoms with Gasteiger partial charge in [0.05, 0.1) is 23.1 Å². The van der Waals surface area contributed by atoms with Crippen molar-refractivity contribution in [3.63, 3.8) is 0 Å². The number of hydrogen-bond donors (Lipinski definition) is 0. The highest BCUT2D eigenvalue weighted by molar-refractivity contribution is 5.37. The fourth-order valence-corrected chi connectivity index (χ4v) is 2.38. The predicted molar refractivity (Wildman–Crippen MR) is 86.9 cm³/mol. The molecule has 0 aliphatic heterocycles. The summed E-state index contributed by atoms with van der Waals surface area (Å²) in [6.45, 7) is 1.43. The summed E-state index contributed by atoms with van der Waals surface area (Å²) in [6.07, 6.45) is 7.40. The molecule has 22 heavy (non-hydrogen) atoms. The summed E-state index contributed by atoms with van der Waals surface area (Å²) in [5, 5.41) is 18.6. The first kappa shape index (κ1) is 15.5. The lowest BCUT2D eigenvalue weighted by atomic mass is 10.1. The Kier molecular flexibility index (Phi) is 5.46. The SMILES string of the molecule is CC#N.N#Cc1cccc(Cc2ccc3c(n2)=CCCC=3)c1. The van der Waals surface area contributed by atoms with E-state index in [1.165, 1.54) is 12.1 Å². The monoisotopic (exact) mass is 287 g/mol. The second-order valence-electron chi connectivity index (χ2n) is 4.98. The number of fused-ring (bicyclic) bond motifs is 1. The molecule has 0 unspecified atom stereocenters. The van der Waals surface area contributed by atoms with Crippen LogP contribution in [0, 0.1) is 22.7 Å². The van der Waals surface area contributed by atoms with Gasteiger partial charge in [0.25, 0.3) is 0 Å². The van der Waals surface area contributed by atoms with Crippen molar-refractivity contribution in [2.24, 2.45) is 0 Å². The quantitative estimate of drug-likeness (QED) is 0.852. The summed E-state index contributed by atoms with van der Waals surface area (Å²) in [5.41, 5.74) is 2.89. The van der Waals surface area contributed by atoms with Crippen molar-refractivity contribution in [1.29, 1.82) is 10.5 Å². The van der Waals surface area contributed by atoms with E-state index < -0.39 is 0 Å². The van der Waals surface area contributed by atoms with Gasteiger partial charge in [0.15, 0.2) is 0 Å². The molecule has 0 saturated heterocycles. The van der Waals surface area contributed by atoms with Crippen LogP contribution in [0.1, 0.15) is 36.6 Å². The Morgan fingerprint density at radius 2 is 1.86 bits per heavy atom. The van der Waals surface area contributed by atoms with Crippen molar-refractivity contribution in [2.75, 3.05) is 0 Å². The summed E-state index contributed by atoms with van der Waals surface area (Å²) in [6, 6.07) is 15.9. The zero-order valence-electron chi connectivity index (χ0n) is 12.6. The zero-order valence-corrected chi connectivity index (χ0v) is 12.6. The Hall–Kier alpha value is -2.91. The van der Waals surface area contributed by atoms with Crippen molar-refractivity contribution in [1.82, 2.24) is 4.98 Å². The topological polar surface area (TPSA) is 60.5 Å².